The predicted octanol–water partition coefficient (Wildman–Crippen LogP) is 10.1. The van der Waals surface area contributed by atoms with Gasteiger partial charge in [-0.25, -0.2) is 9.78 Å². The number of aryl methyl sites for hydroxylation is 1. The Kier molecular flexibility index (Phi) is 8.37. The zero-order valence-corrected chi connectivity index (χ0v) is 28.8. The van der Waals surface area contributed by atoms with E-state index in [1.54, 1.807) is 18.3 Å². The molecule has 7 rings (SSSR count). The van der Waals surface area contributed by atoms with Crippen LogP contribution in [0.3, 0.4) is 0 Å². The van der Waals surface area contributed by atoms with Gasteiger partial charge in [-0.15, -0.1) is 11.3 Å². The number of esters is 1. The summed E-state index contributed by atoms with van der Waals surface area (Å²) in [4.78, 5) is 23.3. The SMILES string of the molecule is CCOC(=O)[C@@H](OC(C)(C)C)c1c(C)cc2nc(-c3ccnc(-c4ccc5c(cnn5C5CCC5)c4)c3)sc2c1-c1ccc(Cl)cc1. The fourth-order valence-corrected chi connectivity index (χ4v) is 7.48. The molecule has 47 heavy (non-hydrogen) atoms. The minimum Gasteiger partial charge on any atom is -0.464 e. The van der Waals surface area contributed by atoms with Crippen LogP contribution in [0.15, 0.2) is 73.1 Å². The molecule has 3 aromatic heterocycles. The number of carbonyl (C=O) groups is 1. The predicted molar refractivity (Wildman–Crippen MR) is 190 cm³/mol. The molecular formula is C38H37ClN4O3S. The molecule has 3 aromatic carbocycles. The van der Waals surface area contributed by atoms with Gasteiger partial charge in [-0.3, -0.25) is 9.67 Å². The van der Waals surface area contributed by atoms with E-state index in [2.05, 4.69) is 34.0 Å². The maximum atomic E-state index is 13.5. The molecule has 240 valence electrons. The van der Waals surface area contributed by atoms with E-state index in [1.165, 1.54) is 24.8 Å². The van der Waals surface area contributed by atoms with Crippen molar-refractivity contribution in [2.24, 2.45) is 0 Å². The molecule has 1 aliphatic carbocycles. The topological polar surface area (TPSA) is 79.1 Å². The Hall–Kier alpha value is -4.11. The Bertz CT molecular complexity index is 2110. The van der Waals surface area contributed by atoms with E-state index in [0.29, 0.717) is 11.1 Å². The van der Waals surface area contributed by atoms with E-state index in [9.17, 15) is 4.79 Å². The van der Waals surface area contributed by atoms with Gasteiger partial charge < -0.3 is 9.47 Å². The number of halogens is 1. The number of hydrogen-bond acceptors (Lipinski definition) is 7. The zero-order chi connectivity index (χ0) is 32.9. The summed E-state index contributed by atoms with van der Waals surface area (Å²) in [6.07, 6.45) is 6.52. The van der Waals surface area contributed by atoms with E-state index in [-0.39, 0.29) is 6.61 Å². The number of fused-ring (bicyclic) bond motifs is 2. The van der Waals surface area contributed by atoms with E-state index in [0.717, 1.165) is 59.7 Å². The fourth-order valence-electron chi connectivity index (χ4n) is 6.23. The average Bonchev–Trinajstić information content (AvgIpc) is 3.63. The fraction of sp³-hybridized carbons (Fsp3) is 0.316. The Labute approximate surface area is 283 Å². The van der Waals surface area contributed by atoms with Gasteiger partial charge in [-0.2, -0.15) is 5.10 Å². The summed E-state index contributed by atoms with van der Waals surface area (Å²) in [6, 6.07) is 20.8. The number of ether oxygens (including phenoxy) is 2. The Morgan fingerprint density at radius 2 is 1.81 bits per heavy atom. The molecule has 0 spiro atoms. The van der Waals surface area contributed by atoms with Crippen LogP contribution in [0.1, 0.15) is 70.2 Å². The van der Waals surface area contributed by atoms with Crippen molar-refractivity contribution >= 4 is 50.0 Å². The number of benzene rings is 3. The molecule has 7 nitrogen and oxygen atoms in total. The van der Waals surface area contributed by atoms with Gasteiger partial charge in [-0.05, 0) is 107 Å². The number of nitrogens with zero attached hydrogens (tertiary/aromatic N) is 4. The molecule has 3 heterocycles. The Morgan fingerprint density at radius 3 is 2.51 bits per heavy atom. The molecule has 0 amide bonds. The van der Waals surface area contributed by atoms with Crippen LogP contribution >= 0.6 is 22.9 Å². The summed E-state index contributed by atoms with van der Waals surface area (Å²) in [5.41, 5.74) is 7.77. The molecule has 0 saturated heterocycles. The van der Waals surface area contributed by atoms with Gasteiger partial charge in [0.1, 0.15) is 5.01 Å². The maximum absolute atomic E-state index is 13.5. The standard InChI is InChI=1S/C38H37ClN4O3S/c1-6-45-37(44)34(46-38(3,4)5)32-22(2)18-30-35(33(32)23-10-13-27(39)14-11-23)47-36(42-30)25-16-17-40-29(20-25)24-12-15-31-26(19-24)21-41-43(31)28-8-7-9-28/h10-21,28,34H,6-9H2,1-5H3/t34-/m0/s1. The van der Waals surface area contributed by atoms with Crippen LogP contribution in [0.4, 0.5) is 0 Å². The monoisotopic (exact) mass is 664 g/mol. The molecule has 6 aromatic rings. The second kappa shape index (κ2) is 12.5. The van der Waals surface area contributed by atoms with Crippen LogP contribution < -0.4 is 0 Å². The Morgan fingerprint density at radius 1 is 1.04 bits per heavy atom. The maximum Gasteiger partial charge on any atom is 0.339 e. The summed E-state index contributed by atoms with van der Waals surface area (Å²) < 4.78 is 15.1. The van der Waals surface area contributed by atoms with Crippen molar-refractivity contribution in [3.8, 4) is 33.0 Å². The quantitative estimate of drug-likeness (QED) is 0.151. The minimum absolute atomic E-state index is 0.255. The molecular weight excluding hydrogens is 628 g/mol. The molecule has 0 unspecified atom stereocenters. The summed E-state index contributed by atoms with van der Waals surface area (Å²) in [5.74, 6) is -0.418. The first-order valence-corrected chi connectivity index (χ1v) is 17.3. The lowest BCUT2D eigenvalue weighted by molar-refractivity contribution is -0.166. The molecule has 0 aliphatic heterocycles. The molecule has 0 bridgehead atoms. The van der Waals surface area contributed by atoms with Crippen LogP contribution in [-0.4, -0.2) is 37.9 Å². The molecule has 9 heteroatoms. The van der Waals surface area contributed by atoms with Gasteiger partial charge in [-0.1, -0.05) is 29.8 Å². The number of thiazole rings is 1. The highest BCUT2D eigenvalue weighted by molar-refractivity contribution is 7.22. The molecule has 1 atom stereocenters. The second-order valence-electron chi connectivity index (χ2n) is 13.1. The largest absolute Gasteiger partial charge is 0.464 e. The normalized spacial score (nSPS) is 14.4. The summed E-state index contributed by atoms with van der Waals surface area (Å²) in [7, 11) is 0. The number of pyridine rings is 1. The molecule has 1 aliphatic rings. The van der Waals surface area contributed by atoms with E-state index < -0.39 is 17.7 Å². The highest BCUT2D eigenvalue weighted by atomic mass is 35.5. The summed E-state index contributed by atoms with van der Waals surface area (Å²) >= 11 is 7.90. The van der Waals surface area contributed by atoms with Crippen LogP contribution in [0.5, 0.6) is 0 Å². The van der Waals surface area contributed by atoms with Crippen molar-refractivity contribution in [3.05, 3.63) is 89.2 Å². The Balaban J connectivity index is 1.35. The van der Waals surface area contributed by atoms with Gasteiger partial charge in [0.2, 0.25) is 0 Å². The zero-order valence-electron chi connectivity index (χ0n) is 27.2. The van der Waals surface area contributed by atoms with Crippen LogP contribution in [0, 0.1) is 6.92 Å². The van der Waals surface area contributed by atoms with Crippen LogP contribution in [0.25, 0.3) is 54.1 Å². The van der Waals surface area contributed by atoms with Gasteiger partial charge in [0.05, 0.1) is 45.9 Å². The summed E-state index contributed by atoms with van der Waals surface area (Å²) in [6.45, 7) is 9.89. The van der Waals surface area contributed by atoms with Crippen molar-refractivity contribution in [2.45, 2.75) is 71.6 Å². The number of rotatable bonds is 8. The van der Waals surface area contributed by atoms with Gasteiger partial charge in [0.15, 0.2) is 6.10 Å². The smallest absolute Gasteiger partial charge is 0.339 e. The first kappa shape index (κ1) is 31.5. The third-order valence-electron chi connectivity index (χ3n) is 8.61. The molecule has 0 radical (unpaired) electrons. The van der Waals surface area contributed by atoms with E-state index >= 15 is 0 Å². The van der Waals surface area contributed by atoms with Gasteiger partial charge >= 0.3 is 5.97 Å². The first-order chi connectivity index (χ1) is 22.6. The van der Waals surface area contributed by atoms with Gasteiger partial charge in [0, 0.05) is 38.9 Å². The van der Waals surface area contributed by atoms with Crippen molar-refractivity contribution < 1.29 is 14.3 Å². The van der Waals surface area contributed by atoms with Crippen LogP contribution in [-0.2, 0) is 14.3 Å². The number of aromatic nitrogens is 4. The average molecular weight is 665 g/mol. The lowest BCUT2D eigenvalue weighted by Gasteiger charge is -2.29. The first-order valence-electron chi connectivity index (χ1n) is 16.1. The minimum atomic E-state index is -0.924. The summed E-state index contributed by atoms with van der Waals surface area (Å²) in [5, 5.41) is 7.30. The third-order valence-corrected chi connectivity index (χ3v) is 10.0. The van der Waals surface area contributed by atoms with Crippen molar-refractivity contribution in [2.75, 3.05) is 6.61 Å². The molecule has 1 saturated carbocycles. The van der Waals surface area contributed by atoms with Crippen molar-refractivity contribution in [3.63, 3.8) is 0 Å². The highest BCUT2D eigenvalue weighted by Gasteiger charge is 2.33. The lowest BCUT2D eigenvalue weighted by atomic mass is 9.91. The number of hydrogen-bond donors (Lipinski definition) is 0. The lowest BCUT2D eigenvalue weighted by Crippen LogP contribution is -2.29. The molecule has 0 N–H and O–H groups in total. The van der Waals surface area contributed by atoms with E-state index in [4.69, 9.17) is 31.0 Å². The van der Waals surface area contributed by atoms with Crippen molar-refractivity contribution in [1.82, 2.24) is 19.7 Å². The highest BCUT2D eigenvalue weighted by Crippen LogP contribution is 2.45. The van der Waals surface area contributed by atoms with E-state index in [1.807, 2.05) is 76.5 Å². The van der Waals surface area contributed by atoms with Crippen LogP contribution in [0.2, 0.25) is 5.02 Å². The van der Waals surface area contributed by atoms with Crippen molar-refractivity contribution in [1.29, 1.82) is 0 Å². The van der Waals surface area contributed by atoms with Gasteiger partial charge in [0.25, 0.3) is 0 Å². The molecule has 1 fully saturated rings. The second-order valence-corrected chi connectivity index (χ2v) is 14.5. The number of carbonyl (C=O) groups excluding carboxylic acids is 1. The third kappa shape index (κ3) is 6.18.